The SMILES string of the molecule is COc1ccc(F)cc1-c1ccncc1N(CC(N)=O)C(=O)c1cc(C(F)(F)F)cc(S(C)(=O)=O)c1. The molecule has 2 amide bonds. The third-order valence-electron chi connectivity index (χ3n) is 5.01. The summed E-state index contributed by atoms with van der Waals surface area (Å²) in [6, 6.07) is 6.55. The Morgan fingerprint density at radius 2 is 1.78 bits per heavy atom. The number of hydrogen-bond donors (Lipinski definition) is 1. The molecule has 0 spiro atoms. The maximum atomic E-state index is 14.1. The van der Waals surface area contributed by atoms with E-state index in [-0.39, 0.29) is 22.6 Å². The Hall–Kier alpha value is -4.00. The zero-order chi connectivity index (χ0) is 26.8. The van der Waals surface area contributed by atoms with Crippen molar-refractivity contribution in [2.75, 3.05) is 24.8 Å². The minimum Gasteiger partial charge on any atom is -0.496 e. The molecule has 1 aromatic heterocycles. The molecule has 0 unspecified atom stereocenters. The van der Waals surface area contributed by atoms with Crippen molar-refractivity contribution in [3.8, 4) is 16.9 Å². The fraction of sp³-hybridized carbons (Fsp3) is 0.174. The number of nitrogens with zero attached hydrogens (tertiary/aromatic N) is 2. The molecular formula is C23H19F4N3O5S. The Balaban J connectivity index is 2.26. The number of halogens is 4. The first-order valence-electron chi connectivity index (χ1n) is 10.0. The average molecular weight is 525 g/mol. The molecule has 2 aromatic carbocycles. The topological polar surface area (TPSA) is 120 Å². The van der Waals surface area contributed by atoms with Crippen LogP contribution >= 0.6 is 0 Å². The molecule has 2 N–H and O–H groups in total. The van der Waals surface area contributed by atoms with Gasteiger partial charge in [-0.05, 0) is 42.5 Å². The van der Waals surface area contributed by atoms with E-state index in [1.807, 2.05) is 0 Å². The van der Waals surface area contributed by atoms with E-state index in [0.29, 0.717) is 18.4 Å². The van der Waals surface area contributed by atoms with Gasteiger partial charge in [-0.25, -0.2) is 12.8 Å². The highest BCUT2D eigenvalue weighted by molar-refractivity contribution is 7.90. The van der Waals surface area contributed by atoms with Crippen molar-refractivity contribution in [1.82, 2.24) is 4.98 Å². The lowest BCUT2D eigenvalue weighted by Crippen LogP contribution is -2.39. The van der Waals surface area contributed by atoms with Gasteiger partial charge in [0.1, 0.15) is 18.1 Å². The molecule has 0 saturated heterocycles. The fourth-order valence-electron chi connectivity index (χ4n) is 3.40. The van der Waals surface area contributed by atoms with Crippen LogP contribution in [-0.2, 0) is 20.8 Å². The lowest BCUT2D eigenvalue weighted by atomic mass is 10.0. The fourth-order valence-corrected chi connectivity index (χ4v) is 4.08. The first-order valence-corrected chi connectivity index (χ1v) is 11.9. The van der Waals surface area contributed by atoms with Crippen LogP contribution in [0.15, 0.2) is 59.8 Å². The molecule has 1 heterocycles. The van der Waals surface area contributed by atoms with E-state index in [4.69, 9.17) is 10.5 Å². The van der Waals surface area contributed by atoms with Crippen molar-refractivity contribution in [2.45, 2.75) is 11.1 Å². The van der Waals surface area contributed by atoms with Gasteiger partial charge in [0.15, 0.2) is 9.84 Å². The molecule has 13 heteroatoms. The number of nitrogens with two attached hydrogens (primary N) is 1. The summed E-state index contributed by atoms with van der Waals surface area (Å²) in [5, 5.41) is 0. The highest BCUT2D eigenvalue weighted by Crippen LogP contribution is 2.38. The summed E-state index contributed by atoms with van der Waals surface area (Å²) in [5.74, 6) is -2.67. The Labute approximate surface area is 203 Å². The second-order valence-electron chi connectivity index (χ2n) is 7.61. The molecule has 0 aliphatic heterocycles. The van der Waals surface area contributed by atoms with E-state index in [0.717, 1.165) is 29.3 Å². The number of sulfone groups is 1. The summed E-state index contributed by atoms with van der Waals surface area (Å²) >= 11 is 0. The molecule has 0 aliphatic rings. The zero-order valence-electron chi connectivity index (χ0n) is 18.8. The quantitative estimate of drug-likeness (QED) is 0.472. The van der Waals surface area contributed by atoms with Crippen molar-refractivity contribution in [2.24, 2.45) is 5.73 Å². The van der Waals surface area contributed by atoms with Crippen molar-refractivity contribution in [3.63, 3.8) is 0 Å². The molecule has 0 saturated carbocycles. The molecular weight excluding hydrogens is 506 g/mol. The summed E-state index contributed by atoms with van der Waals surface area (Å²) in [5.41, 5.74) is 3.43. The summed E-state index contributed by atoms with van der Waals surface area (Å²) in [6.45, 7) is -0.806. The number of alkyl halides is 3. The van der Waals surface area contributed by atoms with Crippen LogP contribution in [0.25, 0.3) is 11.1 Å². The Morgan fingerprint density at radius 3 is 2.36 bits per heavy atom. The van der Waals surface area contributed by atoms with Crippen LogP contribution in [0.5, 0.6) is 5.75 Å². The molecule has 0 radical (unpaired) electrons. The van der Waals surface area contributed by atoms with E-state index in [1.54, 1.807) is 0 Å². The number of ether oxygens (including phenoxy) is 1. The number of amides is 2. The zero-order valence-corrected chi connectivity index (χ0v) is 19.7. The summed E-state index contributed by atoms with van der Waals surface area (Å²) < 4.78 is 83.8. The van der Waals surface area contributed by atoms with Crippen molar-refractivity contribution in [3.05, 3.63) is 71.8 Å². The Bertz CT molecular complexity index is 1440. The van der Waals surface area contributed by atoms with Gasteiger partial charge in [-0.2, -0.15) is 13.2 Å². The third kappa shape index (κ3) is 5.79. The van der Waals surface area contributed by atoms with Crippen LogP contribution in [0.2, 0.25) is 0 Å². The first kappa shape index (κ1) is 26.6. The van der Waals surface area contributed by atoms with Gasteiger partial charge in [0.25, 0.3) is 5.91 Å². The van der Waals surface area contributed by atoms with Gasteiger partial charge in [-0.3, -0.25) is 19.5 Å². The van der Waals surface area contributed by atoms with E-state index < -0.39 is 56.2 Å². The number of primary amides is 1. The number of benzene rings is 2. The number of carbonyl (C=O) groups is 2. The van der Waals surface area contributed by atoms with Crippen molar-refractivity contribution in [1.29, 1.82) is 0 Å². The monoisotopic (exact) mass is 525 g/mol. The minimum atomic E-state index is -4.97. The van der Waals surface area contributed by atoms with Crippen LogP contribution in [-0.4, -0.2) is 45.1 Å². The number of carbonyl (C=O) groups excluding carboxylic acids is 2. The second kappa shape index (κ2) is 9.93. The molecule has 0 bridgehead atoms. The van der Waals surface area contributed by atoms with E-state index in [2.05, 4.69) is 4.98 Å². The second-order valence-corrected chi connectivity index (χ2v) is 9.63. The molecule has 36 heavy (non-hydrogen) atoms. The number of hydrogen-bond acceptors (Lipinski definition) is 6. The molecule has 3 rings (SSSR count). The maximum Gasteiger partial charge on any atom is 0.416 e. The van der Waals surface area contributed by atoms with Gasteiger partial charge >= 0.3 is 6.18 Å². The molecule has 8 nitrogen and oxygen atoms in total. The molecule has 190 valence electrons. The van der Waals surface area contributed by atoms with Crippen molar-refractivity contribution < 1.29 is 40.3 Å². The predicted molar refractivity (Wildman–Crippen MR) is 122 cm³/mol. The lowest BCUT2D eigenvalue weighted by molar-refractivity contribution is -0.137. The van der Waals surface area contributed by atoms with Crippen LogP contribution in [0.1, 0.15) is 15.9 Å². The smallest absolute Gasteiger partial charge is 0.416 e. The number of anilines is 1. The van der Waals surface area contributed by atoms with Gasteiger partial charge in [-0.1, -0.05) is 0 Å². The van der Waals surface area contributed by atoms with Crippen LogP contribution in [0.4, 0.5) is 23.2 Å². The Morgan fingerprint density at radius 1 is 1.08 bits per heavy atom. The normalized spacial score (nSPS) is 11.7. The standard InChI is InChI=1S/C23H19F4N3O5S/c1-35-20-4-3-15(24)10-18(20)17-5-6-29-11-19(17)30(12-21(28)31)22(32)13-7-14(23(25,26)27)9-16(8-13)36(2,33)34/h3-11H,12H2,1-2H3,(H2,28,31). The average Bonchev–Trinajstić information content (AvgIpc) is 2.80. The van der Waals surface area contributed by atoms with E-state index >= 15 is 0 Å². The van der Waals surface area contributed by atoms with E-state index in [9.17, 15) is 35.6 Å². The molecule has 0 aliphatic carbocycles. The number of methoxy groups -OCH3 is 1. The summed E-state index contributed by atoms with van der Waals surface area (Å²) in [6.07, 6.45) is -1.85. The molecule has 0 fully saturated rings. The van der Waals surface area contributed by atoms with Crippen molar-refractivity contribution >= 4 is 27.3 Å². The van der Waals surface area contributed by atoms with Crippen LogP contribution < -0.4 is 15.4 Å². The number of pyridine rings is 1. The summed E-state index contributed by atoms with van der Waals surface area (Å²) in [4.78, 5) is 29.2. The van der Waals surface area contributed by atoms with Gasteiger partial charge < -0.3 is 10.5 Å². The Kier molecular flexibility index (Phi) is 7.34. The largest absolute Gasteiger partial charge is 0.496 e. The maximum absolute atomic E-state index is 14.1. The van der Waals surface area contributed by atoms with E-state index in [1.165, 1.54) is 25.4 Å². The highest BCUT2D eigenvalue weighted by atomic mass is 32.2. The lowest BCUT2D eigenvalue weighted by Gasteiger charge is -2.25. The molecule has 0 atom stereocenters. The number of aromatic nitrogens is 1. The molecule has 3 aromatic rings. The third-order valence-corrected chi connectivity index (χ3v) is 6.10. The minimum absolute atomic E-state index is 0.108. The predicted octanol–water partition coefficient (Wildman–Crippen LogP) is 3.45. The summed E-state index contributed by atoms with van der Waals surface area (Å²) in [7, 11) is -2.83. The van der Waals surface area contributed by atoms with Gasteiger partial charge in [-0.15, -0.1) is 0 Å². The van der Waals surface area contributed by atoms with Crippen LogP contribution in [0, 0.1) is 5.82 Å². The van der Waals surface area contributed by atoms with Gasteiger partial charge in [0.2, 0.25) is 5.91 Å². The number of rotatable bonds is 7. The van der Waals surface area contributed by atoms with Gasteiger partial charge in [0.05, 0.1) is 29.5 Å². The highest BCUT2D eigenvalue weighted by Gasteiger charge is 2.34. The first-order chi connectivity index (χ1) is 16.7. The van der Waals surface area contributed by atoms with Crippen LogP contribution in [0.3, 0.4) is 0 Å². The van der Waals surface area contributed by atoms with Gasteiger partial charge in [0, 0.05) is 29.1 Å².